The van der Waals surface area contributed by atoms with Crippen molar-refractivity contribution >= 4 is 22.8 Å². The summed E-state index contributed by atoms with van der Waals surface area (Å²) in [6.07, 6.45) is 1.61. The molecule has 2 N–H and O–H groups in total. The molecule has 2 amide bonds. The number of aromatic nitrogens is 3. The van der Waals surface area contributed by atoms with E-state index in [2.05, 4.69) is 27.9 Å². The zero-order valence-electron chi connectivity index (χ0n) is 18.0. The van der Waals surface area contributed by atoms with Gasteiger partial charge in [0, 0.05) is 24.7 Å². The van der Waals surface area contributed by atoms with Crippen LogP contribution in [0.15, 0.2) is 24.3 Å². The number of rotatable bonds is 6. The van der Waals surface area contributed by atoms with Crippen molar-refractivity contribution in [2.24, 2.45) is 7.05 Å². The molecule has 0 saturated heterocycles. The number of ether oxygens (including phenoxy) is 1. The first kappa shape index (κ1) is 21.3. The number of benzene rings is 1. The number of hydrogen-bond donors (Lipinski definition) is 2. The Morgan fingerprint density at radius 2 is 1.83 bits per heavy atom. The van der Waals surface area contributed by atoms with Crippen molar-refractivity contribution in [1.82, 2.24) is 25.6 Å². The van der Waals surface area contributed by atoms with Crippen LogP contribution in [0.5, 0.6) is 5.88 Å². The zero-order valence-corrected chi connectivity index (χ0v) is 18.0. The third-order valence-electron chi connectivity index (χ3n) is 5.26. The average molecular weight is 409 g/mol. The van der Waals surface area contributed by atoms with E-state index in [4.69, 9.17) is 4.74 Å². The van der Waals surface area contributed by atoms with Crippen LogP contribution in [0.2, 0.25) is 0 Å². The number of aryl methyl sites for hydroxylation is 4. The van der Waals surface area contributed by atoms with Crippen LogP contribution in [0.4, 0.5) is 0 Å². The summed E-state index contributed by atoms with van der Waals surface area (Å²) in [5, 5.41) is 5.19. The van der Waals surface area contributed by atoms with Gasteiger partial charge in [-0.25, -0.2) is 9.67 Å². The maximum atomic E-state index is 12.3. The lowest BCUT2D eigenvalue weighted by Gasteiger charge is -2.12. The molecule has 0 atom stereocenters. The SMILES string of the molecule is CCc1ccc(C(=O)NNC(=O)CCc2c(C)nc3c(c(OC)nn3C)c2C)cc1. The lowest BCUT2D eigenvalue weighted by atomic mass is 10.00. The predicted octanol–water partition coefficient (Wildman–Crippen LogP) is 2.55. The molecule has 0 bridgehead atoms. The molecule has 0 aliphatic carbocycles. The number of carbonyl (C=O) groups excluding carboxylic acids is 2. The molecule has 0 spiro atoms. The van der Waals surface area contributed by atoms with Crippen LogP contribution in [-0.4, -0.2) is 33.7 Å². The summed E-state index contributed by atoms with van der Waals surface area (Å²) in [7, 11) is 3.40. The van der Waals surface area contributed by atoms with Gasteiger partial charge in [0.25, 0.3) is 5.91 Å². The Labute approximate surface area is 175 Å². The first-order chi connectivity index (χ1) is 14.3. The number of amides is 2. The molecule has 2 heterocycles. The van der Waals surface area contributed by atoms with Gasteiger partial charge >= 0.3 is 0 Å². The van der Waals surface area contributed by atoms with Crippen LogP contribution in [0.1, 0.15) is 46.1 Å². The van der Waals surface area contributed by atoms with E-state index >= 15 is 0 Å². The van der Waals surface area contributed by atoms with E-state index in [-0.39, 0.29) is 18.2 Å². The topological polar surface area (TPSA) is 98.1 Å². The van der Waals surface area contributed by atoms with Gasteiger partial charge in [-0.3, -0.25) is 20.4 Å². The Morgan fingerprint density at radius 1 is 1.13 bits per heavy atom. The van der Waals surface area contributed by atoms with Gasteiger partial charge in [0.1, 0.15) is 0 Å². The molecule has 3 rings (SSSR count). The second-order valence-electron chi connectivity index (χ2n) is 7.19. The van der Waals surface area contributed by atoms with Gasteiger partial charge in [-0.2, -0.15) is 0 Å². The predicted molar refractivity (Wildman–Crippen MR) is 114 cm³/mol. The summed E-state index contributed by atoms with van der Waals surface area (Å²) in [5.41, 5.74) is 10.2. The first-order valence-corrected chi connectivity index (χ1v) is 9.90. The third-order valence-corrected chi connectivity index (χ3v) is 5.26. The molecule has 8 heteroatoms. The van der Waals surface area contributed by atoms with E-state index < -0.39 is 0 Å². The zero-order chi connectivity index (χ0) is 21.8. The number of nitrogens with one attached hydrogen (secondary N) is 2. The van der Waals surface area contributed by atoms with Crippen molar-refractivity contribution in [3.05, 3.63) is 52.2 Å². The molecule has 0 fully saturated rings. The molecule has 0 unspecified atom stereocenters. The highest BCUT2D eigenvalue weighted by molar-refractivity contribution is 5.95. The lowest BCUT2D eigenvalue weighted by molar-refractivity contribution is -0.121. The largest absolute Gasteiger partial charge is 0.479 e. The Hall–Kier alpha value is -3.42. The van der Waals surface area contributed by atoms with Crippen molar-refractivity contribution in [2.45, 2.75) is 40.0 Å². The highest BCUT2D eigenvalue weighted by Gasteiger charge is 2.18. The molecule has 30 heavy (non-hydrogen) atoms. The fourth-order valence-electron chi connectivity index (χ4n) is 3.50. The van der Waals surface area contributed by atoms with Crippen molar-refractivity contribution in [2.75, 3.05) is 7.11 Å². The standard InChI is InChI=1S/C22H27N5O3/c1-6-15-7-9-16(10-8-15)21(29)25-24-18(28)12-11-17-13(2)19-20(23-14(17)3)27(4)26-22(19)30-5/h7-10H,6,11-12H2,1-5H3,(H,24,28)(H,25,29). The summed E-state index contributed by atoms with van der Waals surface area (Å²) in [5.74, 6) is -0.100. The van der Waals surface area contributed by atoms with Crippen LogP contribution in [-0.2, 0) is 24.7 Å². The van der Waals surface area contributed by atoms with E-state index in [1.54, 1.807) is 23.9 Å². The minimum absolute atomic E-state index is 0.215. The number of carbonyl (C=O) groups is 2. The second-order valence-corrected chi connectivity index (χ2v) is 7.19. The van der Waals surface area contributed by atoms with E-state index in [0.717, 1.165) is 39.8 Å². The molecule has 2 aromatic heterocycles. The van der Waals surface area contributed by atoms with Crippen molar-refractivity contribution < 1.29 is 14.3 Å². The van der Waals surface area contributed by atoms with Crippen LogP contribution >= 0.6 is 0 Å². The van der Waals surface area contributed by atoms with E-state index in [1.165, 1.54) is 0 Å². The summed E-state index contributed by atoms with van der Waals surface area (Å²) in [6.45, 7) is 5.95. The van der Waals surface area contributed by atoms with Gasteiger partial charge in [-0.1, -0.05) is 19.1 Å². The number of fused-ring (bicyclic) bond motifs is 1. The summed E-state index contributed by atoms with van der Waals surface area (Å²) in [6, 6.07) is 7.29. The van der Waals surface area contributed by atoms with Gasteiger partial charge in [0.15, 0.2) is 5.65 Å². The minimum Gasteiger partial charge on any atom is -0.479 e. The number of pyridine rings is 1. The van der Waals surface area contributed by atoms with Crippen molar-refractivity contribution in [3.63, 3.8) is 0 Å². The molecule has 3 aromatic rings. The van der Waals surface area contributed by atoms with Crippen LogP contribution in [0, 0.1) is 13.8 Å². The fraction of sp³-hybridized carbons (Fsp3) is 0.364. The Kier molecular flexibility index (Phi) is 6.34. The third kappa shape index (κ3) is 4.27. The first-order valence-electron chi connectivity index (χ1n) is 9.90. The van der Waals surface area contributed by atoms with Gasteiger partial charge in [0.05, 0.1) is 12.5 Å². The smallest absolute Gasteiger partial charge is 0.269 e. The summed E-state index contributed by atoms with van der Waals surface area (Å²) < 4.78 is 7.06. The number of nitrogens with zero attached hydrogens (tertiary/aromatic N) is 3. The number of hydrazine groups is 1. The van der Waals surface area contributed by atoms with E-state index in [9.17, 15) is 9.59 Å². The summed E-state index contributed by atoms with van der Waals surface area (Å²) >= 11 is 0. The monoisotopic (exact) mass is 409 g/mol. The average Bonchev–Trinajstić information content (AvgIpc) is 3.07. The Morgan fingerprint density at radius 3 is 2.47 bits per heavy atom. The van der Waals surface area contributed by atoms with E-state index in [1.807, 2.05) is 33.0 Å². The highest BCUT2D eigenvalue weighted by atomic mass is 16.5. The molecule has 0 saturated carbocycles. The molecular formula is C22H27N5O3. The van der Waals surface area contributed by atoms with Crippen LogP contribution < -0.4 is 15.6 Å². The quantitative estimate of drug-likeness (QED) is 0.610. The maximum Gasteiger partial charge on any atom is 0.269 e. The molecule has 0 aliphatic rings. The lowest BCUT2D eigenvalue weighted by Crippen LogP contribution is -2.41. The van der Waals surface area contributed by atoms with Gasteiger partial charge in [-0.05, 0) is 55.5 Å². The fourth-order valence-corrected chi connectivity index (χ4v) is 3.50. The molecule has 0 aliphatic heterocycles. The van der Waals surface area contributed by atoms with Gasteiger partial charge in [0.2, 0.25) is 11.8 Å². The highest BCUT2D eigenvalue weighted by Crippen LogP contribution is 2.30. The molecule has 8 nitrogen and oxygen atoms in total. The molecule has 0 radical (unpaired) electrons. The van der Waals surface area contributed by atoms with Crippen molar-refractivity contribution in [1.29, 1.82) is 0 Å². The normalized spacial score (nSPS) is 10.8. The number of methoxy groups -OCH3 is 1. The second kappa shape index (κ2) is 8.94. The molecule has 1 aromatic carbocycles. The molecular weight excluding hydrogens is 382 g/mol. The van der Waals surface area contributed by atoms with Gasteiger partial charge < -0.3 is 4.74 Å². The maximum absolute atomic E-state index is 12.3. The van der Waals surface area contributed by atoms with Crippen molar-refractivity contribution in [3.8, 4) is 5.88 Å². The number of hydrogen-bond acceptors (Lipinski definition) is 5. The van der Waals surface area contributed by atoms with Gasteiger partial charge in [-0.15, -0.1) is 5.10 Å². The van der Waals surface area contributed by atoms with E-state index in [0.29, 0.717) is 17.9 Å². The summed E-state index contributed by atoms with van der Waals surface area (Å²) in [4.78, 5) is 29.1. The van der Waals surface area contributed by atoms with Crippen LogP contribution in [0.25, 0.3) is 11.0 Å². The molecule has 158 valence electrons. The Balaban J connectivity index is 1.64. The minimum atomic E-state index is -0.346. The Bertz CT molecular complexity index is 1090. The van der Waals surface area contributed by atoms with Crippen LogP contribution in [0.3, 0.4) is 0 Å².